The quantitative estimate of drug-likeness (QED) is 0.726. The summed E-state index contributed by atoms with van der Waals surface area (Å²) in [6, 6.07) is 10.2. The summed E-state index contributed by atoms with van der Waals surface area (Å²) in [6.07, 6.45) is 3.54. The standard InChI is InChI=1S/C18H20OS/c1-18(2,3)14-9-7-12(8-10-14)17(19)16-11-13-5-4-6-15(13)20-16/h7-11H,4-6H2,1-3H3. The number of ketones is 1. The Morgan fingerprint density at radius 1 is 1.10 bits per heavy atom. The van der Waals surface area contributed by atoms with Crippen LogP contribution in [-0.4, -0.2) is 5.78 Å². The number of thiophene rings is 1. The van der Waals surface area contributed by atoms with Crippen molar-refractivity contribution in [3.05, 3.63) is 56.8 Å². The SMILES string of the molecule is CC(C)(C)c1ccc(C(=O)c2cc3c(s2)CCC3)cc1. The zero-order valence-corrected chi connectivity index (χ0v) is 13.1. The first-order valence-corrected chi connectivity index (χ1v) is 8.03. The maximum Gasteiger partial charge on any atom is 0.202 e. The smallest absolute Gasteiger partial charge is 0.202 e. The highest BCUT2D eigenvalue weighted by molar-refractivity contribution is 7.14. The molecule has 0 radical (unpaired) electrons. The van der Waals surface area contributed by atoms with Crippen LogP contribution in [0, 0.1) is 0 Å². The highest BCUT2D eigenvalue weighted by Gasteiger charge is 2.20. The van der Waals surface area contributed by atoms with Crippen molar-refractivity contribution in [3.63, 3.8) is 0 Å². The Morgan fingerprint density at radius 3 is 2.40 bits per heavy atom. The normalized spacial score (nSPS) is 14.3. The molecule has 0 amide bonds. The van der Waals surface area contributed by atoms with E-state index in [1.807, 2.05) is 12.1 Å². The van der Waals surface area contributed by atoms with E-state index in [2.05, 4.69) is 39.0 Å². The van der Waals surface area contributed by atoms with E-state index >= 15 is 0 Å². The summed E-state index contributed by atoms with van der Waals surface area (Å²) >= 11 is 1.69. The molecule has 1 aromatic heterocycles. The van der Waals surface area contributed by atoms with Crippen LogP contribution >= 0.6 is 11.3 Å². The lowest BCUT2D eigenvalue weighted by atomic mass is 9.86. The Morgan fingerprint density at radius 2 is 1.80 bits per heavy atom. The Balaban J connectivity index is 1.86. The Labute approximate surface area is 124 Å². The minimum atomic E-state index is 0.131. The molecule has 20 heavy (non-hydrogen) atoms. The molecule has 0 atom stereocenters. The van der Waals surface area contributed by atoms with Crippen LogP contribution in [0.1, 0.15) is 58.4 Å². The molecule has 0 saturated carbocycles. The highest BCUT2D eigenvalue weighted by Crippen LogP contribution is 2.32. The lowest BCUT2D eigenvalue weighted by Crippen LogP contribution is -2.11. The summed E-state index contributed by atoms with van der Waals surface area (Å²) in [5.74, 6) is 0.171. The van der Waals surface area contributed by atoms with E-state index in [-0.39, 0.29) is 11.2 Å². The molecule has 3 rings (SSSR count). The average Bonchev–Trinajstić information content (AvgIpc) is 2.97. The lowest BCUT2D eigenvalue weighted by Gasteiger charge is -2.18. The van der Waals surface area contributed by atoms with Crippen LogP contribution in [0.15, 0.2) is 30.3 Å². The molecule has 0 saturated heterocycles. The van der Waals surface area contributed by atoms with Gasteiger partial charge >= 0.3 is 0 Å². The third kappa shape index (κ3) is 2.45. The highest BCUT2D eigenvalue weighted by atomic mass is 32.1. The van der Waals surface area contributed by atoms with Crippen LogP contribution in [-0.2, 0) is 18.3 Å². The van der Waals surface area contributed by atoms with E-state index in [1.165, 1.54) is 22.4 Å². The van der Waals surface area contributed by atoms with Crippen molar-refractivity contribution in [1.29, 1.82) is 0 Å². The van der Waals surface area contributed by atoms with E-state index in [0.29, 0.717) is 0 Å². The summed E-state index contributed by atoms with van der Waals surface area (Å²) in [4.78, 5) is 14.8. The molecule has 104 valence electrons. The van der Waals surface area contributed by atoms with Crippen molar-refractivity contribution in [1.82, 2.24) is 0 Å². The maximum absolute atomic E-state index is 12.5. The van der Waals surface area contributed by atoms with Gasteiger partial charge in [0.15, 0.2) is 0 Å². The molecule has 0 fully saturated rings. The van der Waals surface area contributed by atoms with Crippen LogP contribution in [0.4, 0.5) is 0 Å². The monoisotopic (exact) mass is 284 g/mol. The molecule has 2 aromatic rings. The fourth-order valence-corrected chi connectivity index (χ4v) is 3.92. The van der Waals surface area contributed by atoms with Crippen LogP contribution in [0.2, 0.25) is 0 Å². The third-order valence-corrected chi connectivity index (χ3v) is 5.22. The molecule has 1 aromatic carbocycles. The van der Waals surface area contributed by atoms with Gasteiger partial charge in [-0.3, -0.25) is 4.79 Å². The molecule has 0 bridgehead atoms. The minimum Gasteiger partial charge on any atom is -0.288 e. The molecule has 0 unspecified atom stereocenters. The Hall–Kier alpha value is -1.41. The van der Waals surface area contributed by atoms with E-state index in [9.17, 15) is 4.79 Å². The summed E-state index contributed by atoms with van der Waals surface area (Å²) in [7, 11) is 0. The first kappa shape index (κ1) is 13.6. The molecule has 0 aliphatic heterocycles. The Bertz CT molecular complexity index is 620. The first-order chi connectivity index (χ1) is 9.45. The minimum absolute atomic E-state index is 0.131. The topological polar surface area (TPSA) is 17.1 Å². The van der Waals surface area contributed by atoms with Crippen molar-refractivity contribution in [3.8, 4) is 0 Å². The third-order valence-electron chi connectivity index (χ3n) is 3.98. The molecule has 1 aliphatic rings. The van der Waals surface area contributed by atoms with Crippen molar-refractivity contribution >= 4 is 17.1 Å². The van der Waals surface area contributed by atoms with E-state index in [4.69, 9.17) is 0 Å². The van der Waals surface area contributed by atoms with E-state index in [1.54, 1.807) is 11.3 Å². The van der Waals surface area contributed by atoms with Gasteiger partial charge in [0.1, 0.15) is 0 Å². The summed E-state index contributed by atoms with van der Waals surface area (Å²) in [6.45, 7) is 6.56. The van der Waals surface area contributed by atoms with Crippen molar-refractivity contribution in [2.24, 2.45) is 0 Å². The second kappa shape index (κ2) is 4.85. The number of fused-ring (bicyclic) bond motifs is 1. The predicted molar refractivity (Wildman–Crippen MR) is 84.9 cm³/mol. The van der Waals surface area contributed by atoms with Crippen LogP contribution in [0.5, 0.6) is 0 Å². The van der Waals surface area contributed by atoms with Gasteiger partial charge in [-0.2, -0.15) is 0 Å². The maximum atomic E-state index is 12.5. The van der Waals surface area contributed by atoms with Gasteiger partial charge in [0.05, 0.1) is 4.88 Å². The zero-order chi connectivity index (χ0) is 14.3. The fourth-order valence-electron chi connectivity index (χ4n) is 2.70. The number of carbonyl (C=O) groups excluding carboxylic acids is 1. The van der Waals surface area contributed by atoms with Gasteiger partial charge in [0.2, 0.25) is 5.78 Å². The largest absolute Gasteiger partial charge is 0.288 e. The second-order valence-electron chi connectivity index (χ2n) is 6.57. The lowest BCUT2D eigenvalue weighted by molar-refractivity contribution is 0.104. The average molecular weight is 284 g/mol. The molecule has 0 N–H and O–H groups in total. The second-order valence-corrected chi connectivity index (χ2v) is 7.71. The summed E-state index contributed by atoms with van der Waals surface area (Å²) in [5.41, 5.74) is 3.59. The number of carbonyl (C=O) groups is 1. The van der Waals surface area contributed by atoms with Crippen molar-refractivity contribution < 1.29 is 4.79 Å². The molecule has 1 aliphatic carbocycles. The number of hydrogen-bond donors (Lipinski definition) is 0. The van der Waals surface area contributed by atoms with Gasteiger partial charge in [-0.1, -0.05) is 45.0 Å². The van der Waals surface area contributed by atoms with E-state index in [0.717, 1.165) is 23.3 Å². The van der Waals surface area contributed by atoms with Crippen LogP contribution in [0.3, 0.4) is 0 Å². The van der Waals surface area contributed by atoms with Crippen LogP contribution in [0.25, 0.3) is 0 Å². The van der Waals surface area contributed by atoms with Gasteiger partial charge < -0.3 is 0 Å². The van der Waals surface area contributed by atoms with Gasteiger partial charge in [0, 0.05) is 10.4 Å². The first-order valence-electron chi connectivity index (χ1n) is 7.22. The molecule has 0 spiro atoms. The predicted octanol–water partition coefficient (Wildman–Crippen LogP) is 4.77. The molecule has 2 heteroatoms. The van der Waals surface area contributed by atoms with Crippen molar-refractivity contribution in [2.75, 3.05) is 0 Å². The summed E-state index contributed by atoms with van der Waals surface area (Å²) in [5, 5.41) is 0. The fraction of sp³-hybridized carbons (Fsp3) is 0.389. The van der Waals surface area contributed by atoms with E-state index < -0.39 is 0 Å². The molecule has 1 nitrogen and oxygen atoms in total. The summed E-state index contributed by atoms with van der Waals surface area (Å²) < 4.78 is 0. The van der Waals surface area contributed by atoms with Gasteiger partial charge in [-0.25, -0.2) is 0 Å². The molecular formula is C18H20OS. The van der Waals surface area contributed by atoms with Crippen LogP contribution < -0.4 is 0 Å². The number of hydrogen-bond acceptors (Lipinski definition) is 2. The number of aryl methyl sites for hydroxylation is 2. The molecular weight excluding hydrogens is 264 g/mol. The van der Waals surface area contributed by atoms with Gasteiger partial charge in [-0.15, -0.1) is 11.3 Å². The zero-order valence-electron chi connectivity index (χ0n) is 12.3. The molecule has 1 heterocycles. The Kier molecular flexibility index (Phi) is 3.29. The van der Waals surface area contributed by atoms with Crippen molar-refractivity contribution in [2.45, 2.75) is 45.4 Å². The number of rotatable bonds is 2. The number of benzene rings is 1. The van der Waals surface area contributed by atoms with Gasteiger partial charge in [0.25, 0.3) is 0 Å². The van der Waals surface area contributed by atoms with Gasteiger partial charge in [-0.05, 0) is 41.9 Å².